The van der Waals surface area contributed by atoms with Crippen molar-refractivity contribution in [1.82, 2.24) is 0 Å². The maximum Gasteiger partial charge on any atom is 0.109 e. The van der Waals surface area contributed by atoms with Gasteiger partial charge in [0.2, 0.25) is 0 Å². The lowest BCUT2D eigenvalue weighted by molar-refractivity contribution is 0.414. The second-order valence-corrected chi connectivity index (χ2v) is 4.45. The molecule has 0 unspecified atom stereocenters. The van der Waals surface area contributed by atoms with Crippen LogP contribution in [0, 0.1) is 13.5 Å². The zero-order valence-corrected chi connectivity index (χ0v) is 8.76. The molecule has 0 saturated carbocycles. The zero-order valence-electron chi connectivity index (χ0n) is 8.76. The van der Waals surface area contributed by atoms with Gasteiger partial charge >= 0.3 is 0 Å². The number of aliphatic hydroxyl groups excluding tert-OH is 1. The van der Waals surface area contributed by atoms with Crippen molar-refractivity contribution in [3.05, 3.63) is 41.5 Å². The van der Waals surface area contributed by atoms with E-state index in [1.54, 1.807) is 0 Å². The van der Waals surface area contributed by atoms with E-state index in [-0.39, 0.29) is 5.41 Å². The molecule has 0 aromatic heterocycles. The maximum atomic E-state index is 8.83. The molecule has 1 heteroatoms. The molecule has 1 nitrogen and oxygen atoms in total. The zero-order chi connectivity index (χ0) is 10.1. The standard InChI is InChI=1S/C12H17O/c1-9-7-10(8-13)5-6-11(9)12(2,3)4/h5-8,13H,1-4H3. The fourth-order valence-electron chi connectivity index (χ4n) is 1.61. The van der Waals surface area contributed by atoms with Crippen LogP contribution in [-0.4, -0.2) is 5.11 Å². The van der Waals surface area contributed by atoms with Gasteiger partial charge in [-0.25, -0.2) is 0 Å². The molecule has 1 radical (unpaired) electrons. The molecule has 0 heterocycles. The molecule has 0 aliphatic heterocycles. The number of hydrogen-bond acceptors (Lipinski definition) is 1. The predicted molar refractivity (Wildman–Crippen MR) is 55.2 cm³/mol. The third-order valence-electron chi connectivity index (χ3n) is 2.21. The van der Waals surface area contributed by atoms with Gasteiger partial charge in [0.25, 0.3) is 0 Å². The molecular formula is C12H17O. The molecule has 1 aromatic rings. The Morgan fingerprint density at radius 3 is 2.23 bits per heavy atom. The molecule has 71 valence electrons. The van der Waals surface area contributed by atoms with Gasteiger partial charge in [0.05, 0.1) is 0 Å². The van der Waals surface area contributed by atoms with Crippen LogP contribution in [0.2, 0.25) is 0 Å². The van der Waals surface area contributed by atoms with Gasteiger partial charge in [0.1, 0.15) is 6.61 Å². The minimum absolute atomic E-state index is 0.179. The number of benzene rings is 1. The van der Waals surface area contributed by atoms with Gasteiger partial charge < -0.3 is 5.11 Å². The first-order valence-corrected chi connectivity index (χ1v) is 4.53. The third-order valence-corrected chi connectivity index (χ3v) is 2.21. The topological polar surface area (TPSA) is 20.2 Å². The van der Waals surface area contributed by atoms with Crippen LogP contribution >= 0.6 is 0 Å². The fourth-order valence-corrected chi connectivity index (χ4v) is 1.61. The van der Waals surface area contributed by atoms with E-state index >= 15 is 0 Å². The Hall–Kier alpha value is -0.820. The van der Waals surface area contributed by atoms with E-state index in [1.807, 2.05) is 12.1 Å². The molecule has 0 amide bonds. The maximum absolute atomic E-state index is 8.83. The highest BCUT2D eigenvalue weighted by atomic mass is 16.3. The van der Waals surface area contributed by atoms with E-state index in [0.717, 1.165) is 12.2 Å². The number of rotatable bonds is 1. The van der Waals surface area contributed by atoms with E-state index in [1.165, 1.54) is 11.1 Å². The molecule has 0 fully saturated rings. The Morgan fingerprint density at radius 2 is 1.85 bits per heavy atom. The Balaban J connectivity index is 3.13. The summed E-state index contributed by atoms with van der Waals surface area (Å²) in [4.78, 5) is 0. The van der Waals surface area contributed by atoms with E-state index in [9.17, 15) is 0 Å². The van der Waals surface area contributed by atoms with Gasteiger partial charge in [-0.1, -0.05) is 39.0 Å². The summed E-state index contributed by atoms with van der Waals surface area (Å²) in [7, 11) is 0. The number of aliphatic hydroxyl groups is 1. The van der Waals surface area contributed by atoms with Gasteiger partial charge in [-0.15, -0.1) is 0 Å². The van der Waals surface area contributed by atoms with Crippen LogP contribution in [0.1, 0.15) is 37.5 Å². The lowest BCUT2D eigenvalue weighted by Crippen LogP contribution is -2.13. The normalized spacial score (nSPS) is 11.8. The Labute approximate surface area is 80.4 Å². The van der Waals surface area contributed by atoms with Crippen LogP contribution in [0.3, 0.4) is 0 Å². The van der Waals surface area contributed by atoms with Crippen molar-refractivity contribution in [1.29, 1.82) is 0 Å². The van der Waals surface area contributed by atoms with Crippen molar-refractivity contribution in [2.45, 2.75) is 33.1 Å². The quantitative estimate of drug-likeness (QED) is 0.698. The van der Waals surface area contributed by atoms with Crippen molar-refractivity contribution in [3.63, 3.8) is 0 Å². The Kier molecular flexibility index (Phi) is 2.77. The van der Waals surface area contributed by atoms with Gasteiger partial charge in [-0.3, -0.25) is 0 Å². The molecule has 1 aromatic carbocycles. The number of hydrogen-bond donors (Lipinski definition) is 1. The highest BCUT2D eigenvalue weighted by Crippen LogP contribution is 2.26. The molecule has 13 heavy (non-hydrogen) atoms. The molecule has 1 rings (SSSR count). The first-order chi connectivity index (χ1) is 5.95. The van der Waals surface area contributed by atoms with E-state index < -0.39 is 0 Å². The minimum atomic E-state index is 0.179. The van der Waals surface area contributed by atoms with Crippen LogP contribution in [0.4, 0.5) is 0 Å². The van der Waals surface area contributed by atoms with Crippen LogP contribution in [0.25, 0.3) is 0 Å². The molecule has 1 N–H and O–H groups in total. The average molecular weight is 177 g/mol. The Bertz CT molecular complexity index is 294. The first kappa shape index (κ1) is 10.3. The largest absolute Gasteiger partial charge is 0.385 e. The highest BCUT2D eigenvalue weighted by Gasteiger charge is 2.15. The molecular weight excluding hydrogens is 160 g/mol. The van der Waals surface area contributed by atoms with Crippen LogP contribution < -0.4 is 0 Å². The van der Waals surface area contributed by atoms with Crippen molar-refractivity contribution in [3.8, 4) is 0 Å². The van der Waals surface area contributed by atoms with E-state index in [2.05, 4.69) is 33.8 Å². The summed E-state index contributed by atoms with van der Waals surface area (Å²) in [6.07, 6.45) is 0. The molecule has 0 spiro atoms. The van der Waals surface area contributed by atoms with Gasteiger partial charge in [-0.2, -0.15) is 0 Å². The first-order valence-electron chi connectivity index (χ1n) is 4.53. The summed E-state index contributed by atoms with van der Waals surface area (Å²) >= 11 is 0. The summed E-state index contributed by atoms with van der Waals surface area (Å²) in [6, 6.07) is 6.02. The summed E-state index contributed by atoms with van der Waals surface area (Å²) in [5, 5.41) is 8.83. The summed E-state index contributed by atoms with van der Waals surface area (Å²) in [5.74, 6) is 0. The SMILES string of the molecule is Cc1cc([CH]O)ccc1C(C)(C)C. The van der Waals surface area contributed by atoms with Crippen molar-refractivity contribution < 1.29 is 5.11 Å². The summed E-state index contributed by atoms with van der Waals surface area (Å²) < 4.78 is 0. The average Bonchev–Trinajstić information content (AvgIpc) is 2.01. The molecule has 0 saturated heterocycles. The number of aryl methyl sites for hydroxylation is 1. The van der Waals surface area contributed by atoms with Crippen molar-refractivity contribution in [2.24, 2.45) is 0 Å². The van der Waals surface area contributed by atoms with Gasteiger partial charge in [0, 0.05) is 0 Å². The van der Waals surface area contributed by atoms with Crippen LogP contribution in [-0.2, 0) is 5.41 Å². The van der Waals surface area contributed by atoms with E-state index in [0.29, 0.717) is 0 Å². The molecule has 0 aliphatic rings. The fraction of sp³-hybridized carbons (Fsp3) is 0.417. The lowest BCUT2D eigenvalue weighted by Gasteiger charge is -2.21. The van der Waals surface area contributed by atoms with Gasteiger partial charge in [0.15, 0.2) is 0 Å². The van der Waals surface area contributed by atoms with Gasteiger partial charge in [-0.05, 0) is 29.0 Å². The molecule has 0 bridgehead atoms. The van der Waals surface area contributed by atoms with Crippen molar-refractivity contribution >= 4 is 0 Å². The minimum Gasteiger partial charge on any atom is -0.385 e. The molecule has 0 aliphatic carbocycles. The van der Waals surface area contributed by atoms with Crippen LogP contribution in [0.5, 0.6) is 0 Å². The smallest absolute Gasteiger partial charge is 0.109 e. The predicted octanol–water partition coefficient (Wildman–Crippen LogP) is 3.17. The molecule has 0 atom stereocenters. The van der Waals surface area contributed by atoms with Crippen LogP contribution in [0.15, 0.2) is 18.2 Å². The van der Waals surface area contributed by atoms with Crippen molar-refractivity contribution in [2.75, 3.05) is 0 Å². The monoisotopic (exact) mass is 177 g/mol. The second-order valence-electron chi connectivity index (χ2n) is 4.45. The highest BCUT2D eigenvalue weighted by molar-refractivity contribution is 5.37. The Morgan fingerprint density at radius 1 is 1.23 bits per heavy atom. The summed E-state index contributed by atoms with van der Waals surface area (Å²) in [6.45, 7) is 9.79. The second kappa shape index (κ2) is 3.51. The lowest BCUT2D eigenvalue weighted by atomic mass is 9.83. The van der Waals surface area contributed by atoms with E-state index in [4.69, 9.17) is 5.11 Å². The summed E-state index contributed by atoms with van der Waals surface area (Å²) in [5.41, 5.74) is 3.61. The third kappa shape index (κ3) is 2.31.